The molecule has 3 aromatic rings. The van der Waals surface area contributed by atoms with Crippen molar-refractivity contribution in [3.8, 4) is 17.6 Å². The summed E-state index contributed by atoms with van der Waals surface area (Å²) in [7, 11) is 2.94. The Balaban J connectivity index is 1.04. The van der Waals surface area contributed by atoms with Gasteiger partial charge in [0.25, 0.3) is 0 Å². The van der Waals surface area contributed by atoms with Crippen LogP contribution in [0.25, 0.3) is 0 Å². The molecule has 7 aliphatic carbocycles. The first kappa shape index (κ1) is 67.8. The van der Waals surface area contributed by atoms with Crippen LogP contribution in [0, 0.1) is 93.7 Å². The number of ether oxygens (including phenoxy) is 1. The molecule has 4 saturated carbocycles. The maximum atomic E-state index is 16.4. The molecule has 93 heavy (non-hydrogen) atoms. The van der Waals surface area contributed by atoms with Gasteiger partial charge >= 0.3 is 5.97 Å². The summed E-state index contributed by atoms with van der Waals surface area (Å²) in [4.78, 5) is 53.7. The molecule has 3 heterocycles. The van der Waals surface area contributed by atoms with Crippen molar-refractivity contribution < 1.29 is 65.1 Å². The van der Waals surface area contributed by atoms with Gasteiger partial charge in [0, 0.05) is 90.1 Å². The van der Waals surface area contributed by atoms with Gasteiger partial charge in [-0.05, 0) is 165 Å². The highest BCUT2D eigenvalue weighted by Gasteiger charge is 2.75. The number of nitrogens with two attached hydrogens (primary N) is 1. The molecule has 1 aromatic heterocycles. The average molecular weight is 1320 g/mol. The predicted octanol–water partition coefficient (Wildman–Crippen LogP) is 7.14. The number of nitrogens with one attached hydrogen (secondary N) is 3. The van der Waals surface area contributed by atoms with Gasteiger partial charge in [0.2, 0.25) is 0 Å². The Labute approximate surface area is 554 Å². The number of ketones is 2. The normalized spacial score (nSPS) is 41.4. The summed E-state index contributed by atoms with van der Waals surface area (Å²) in [6.45, 7) is 7.46. The molecule has 0 spiro atoms. The van der Waals surface area contributed by atoms with E-state index in [2.05, 4.69) is 45.5 Å². The zero-order chi connectivity index (χ0) is 65.9. The minimum absolute atomic E-state index is 0.000187. The number of hydrogen-bond acceptors (Lipinski definition) is 17. The van der Waals surface area contributed by atoms with Gasteiger partial charge in [-0.25, -0.2) is 4.99 Å². The number of phenolic OH excluding ortho intramolecular Hbond substituents is 1. The Morgan fingerprint density at radius 1 is 0.935 bits per heavy atom. The summed E-state index contributed by atoms with van der Waals surface area (Å²) >= 11 is 0. The fraction of sp³-hybridized carbons (Fsp3) is 0.644. The van der Waals surface area contributed by atoms with Gasteiger partial charge in [0.1, 0.15) is 17.9 Å². The fourth-order valence-corrected chi connectivity index (χ4v) is 23.1. The number of aliphatic imine (C=N–C) groups is 1. The van der Waals surface area contributed by atoms with Gasteiger partial charge in [-0.15, -0.1) is 5.92 Å². The molecule has 6 fully saturated rings. The number of carbonyl (C=O) groups excluding carboxylic acids is 3. The van der Waals surface area contributed by atoms with Crippen LogP contribution in [0.2, 0.25) is 0 Å². The number of cyclic esters (lactones) is 1. The maximum Gasteiger partial charge on any atom is 0.314 e. The van der Waals surface area contributed by atoms with Gasteiger partial charge in [-0.3, -0.25) is 14.4 Å². The van der Waals surface area contributed by atoms with Crippen LogP contribution < -0.4 is 16.4 Å². The van der Waals surface area contributed by atoms with Gasteiger partial charge in [-0.1, -0.05) is 102 Å². The molecule has 2 aliphatic heterocycles. The number of aromatic hydroxyl groups is 1. The predicted molar refractivity (Wildman–Crippen MR) is 356 cm³/mol. The van der Waals surface area contributed by atoms with Crippen molar-refractivity contribution in [1.82, 2.24) is 15.6 Å². The SMILES string of the molecule is CC[C@@H]1OC(=O)[C@@H](c2cc[nH]c2)[C@H]1[C@H]1C#CC[C@H]2C[C@@]3(O)C4=C5N[C@H](CO)C(=O)C[C@@H](c6ccc(O)cc6)CSSC[C@@H]6[C@@H](O)[C@@H](O)C[C@@](C)([C@@H]6C5=O)[C@H]4CC[C@]3(CCNC(N)=NCc3ccccc3)[C@H]2[C@@](C)(O)[C@H](O)C[C@@H](C(O)O)[C@@H]2CC=C3CC[C@H](C)C[C@@H]3[C@@H]2C1. The summed E-state index contributed by atoms with van der Waals surface area (Å²) < 4.78 is 6.31. The van der Waals surface area contributed by atoms with Crippen molar-refractivity contribution in [2.45, 2.75) is 184 Å². The first-order valence-electron chi connectivity index (χ1n) is 34.2. The van der Waals surface area contributed by atoms with E-state index in [9.17, 15) is 45.6 Å². The van der Waals surface area contributed by atoms with Crippen LogP contribution in [0.1, 0.15) is 146 Å². The standard InChI is InChI=1S/C73H97N5O13S2/c1-5-57-59(60(68(88)91-57)45-23-26-75-35-45)43-12-9-13-44-32-73(90)62-53(70(3)33-56(82)64(84)52-38-93-92-37-46(41-16-19-47(80)20-17-41)30-55(81)54(36-79)78-63(62)65(85)61(52)70)22-24-72(73,25-27-76-69(74)77-34-40-10-7-6-8-11-40)66(44)71(4,89)58(83)31-51(67(86)87)48-21-18-42-15-14-39(2)28-49(42)50(48)29-43/h6-8,10-11,16-20,23,26,35,39,43-44,46,48-54,56-61,64,66-67,75,78-80,82-84,86-87,89-90H,5,13-15,21-22,24-25,27-34,36-38H2,1-4H3,(H3,74,76,77)/t39-,43-,44-,46+,48+,49-,50+,51+,52-,53-,54+,56-,57-,58+,59-,60-,61-,64+,66+,70+,71-,72-,73+/m0/s1. The lowest BCUT2D eigenvalue weighted by molar-refractivity contribution is -0.200. The summed E-state index contributed by atoms with van der Waals surface area (Å²) in [6.07, 6.45) is 3.89. The van der Waals surface area contributed by atoms with Crippen molar-refractivity contribution >= 4 is 45.1 Å². The maximum absolute atomic E-state index is 16.4. The third-order valence-electron chi connectivity index (χ3n) is 24.7. The lowest BCUT2D eigenvalue weighted by Gasteiger charge is -2.63. The van der Waals surface area contributed by atoms with E-state index in [0.717, 1.165) is 36.0 Å². The quantitative estimate of drug-likeness (QED) is 0.0172. The third kappa shape index (κ3) is 12.5. The summed E-state index contributed by atoms with van der Waals surface area (Å²) in [6, 6.07) is 16.8. The van der Waals surface area contributed by atoms with E-state index >= 15 is 14.7 Å². The first-order chi connectivity index (χ1) is 44.5. The number of nitrogens with zero attached hydrogens (tertiary/aromatic N) is 1. The number of Topliss-reactive ketones (excluding diaryl/α,β-unsaturated/α-hetero) is 2. The number of fused-ring (bicyclic) bond motifs is 10. The molecule has 0 radical (unpaired) electrons. The van der Waals surface area contributed by atoms with Gasteiger partial charge in [0.15, 0.2) is 23.8 Å². The van der Waals surface area contributed by atoms with E-state index in [1.54, 1.807) is 37.4 Å². The number of hydrogen-bond donors (Lipinski definition) is 13. The molecule has 504 valence electrons. The number of aromatic amines is 1. The second kappa shape index (κ2) is 27.4. The molecule has 23 atom stereocenters. The van der Waals surface area contributed by atoms with Crippen LogP contribution >= 0.6 is 21.6 Å². The second-order valence-corrected chi connectivity index (χ2v) is 32.3. The molecule has 12 rings (SSSR count). The second-order valence-electron chi connectivity index (χ2n) is 29.7. The van der Waals surface area contributed by atoms with Crippen molar-refractivity contribution in [3.05, 3.63) is 113 Å². The molecular weight excluding hydrogens is 1220 g/mol. The van der Waals surface area contributed by atoms with Crippen molar-refractivity contribution in [1.29, 1.82) is 0 Å². The Kier molecular flexibility index (Phi) is 20.0. The lowest BCUT2D eigenvalue weighted by atomic mass is 9.43. The average Bonchev–Trinajstić information content (AvgIpc) is 1.61. The van der Waals surface area contributed by atoms with Crippen molar-refractivity contribution in [2.75, 3.05) is 24.7 Å². The molecule has 18 nitrogen and oxygen atoms in total. The highest BCUT2D eigenvalue weighted by atomic mass is 33.1. The van der Waals surface area contributed by atoms with Crippen LogP contribution in [-0.2, 0) is 25.7 Å². The zero-order valence-corrected chi connectivity index (χ0v) is 55.6. The van der Waals surface area contributed by atoms with Crippen LogP contribution in [-0.4, -0.2) is 147 Å². The molecule has 14 N–H and O–H groups in total. The van der Waals surface area contributed by atoms with E-state index in [-0.39, 0.29) is 111 Å². The number of carbonyl (C=O) groups is 3. The zero-order valence-electron chi connectivity index (χ0n) is 54.0. The Bertz CT molecular complexity index is 3350. The number of phenols is 1. The Morgan fingerprint density at radius 3 is 2.42 bits per heavy atom. The molecule has 0 unspecified atom stereocenters. The first-order valence-corrected chi connectivity index (χ1v) is 36.7. The summed E-state index contributed by atoms with van der Waals surface area (Å²) in [5, 5.41) is 119. The number of aromatic nitrogens is 1. The highest BCUT2D eigenvalue weighted by Crippen LogP contribution is 2.73. The Morgan fingerprint density at radius 2 is 1.70 bits per heavy atom. The largest absolute Gasteiger partial charge is 0.508 e. The smallest absolute Gasteiger partial charge is 0.314 e. The minimum atomic E-state index is -2.12. The van der Waals surface area contributed by atoms with Gasteiger partial charge < -0.3 is 72.0 Å². The van der Waals surface area contributed by atoms with Crippen LogP contribution in [0.3, 0.4) is 0 Å². The number of rotatable bonds is 11. The van der Waals surface area contributed by atoms with E-state index in [1.807, 2.05) is 56.4 Å². The van der Waals surface area contributed by atoms with Crippen molar-refractivity contribution in [2.24, 2.45) is 92.6 Å². The Hall–Kier alpha value is -5.18. The fourth-order valence-electron chi connectivity index (χ4n) is 20.3. The topological polar surface area (TPSA) is 321 Å². The van der Waals surface area contributed by atoms with Crippen LogP contribution in [0.15, 0.2) is 101 Å². The molecule has 0 amide bonds. The van der Waals surface area contributed by atoms with Crippen LogP contribution in [0.4, 0.5) is 0 Å². The van der Waals surface area contributed by atoms with E-state index in [0.29, 0.717) is 30.9 Å². The van der Waals surface area contributed by atoms with E-state index in [4.69, 9.17) is 10.5 Å². The van der Waals surface area contributed by atoms with E-state index in [1.165, 1.54) is 27.2 Å². The molecular formula is C73H97N5O13S2. The molecule has 2 bridgehead atoms. The summed E-state index contributed by atoms with van der Waals surface area (Å²) in [5.74, 6) is -0.0151. The molecule has 2 aromatic carbocycles. The van der Waals surface area contributed by atoms with Crippen molar-refractivity contribution in [3.63, 3.8) is 0 Å². The summed E-state index contributed by atoms with van der Waals surface area (Å²) in [5.41, 5.74) is 4.01. The monoisotopic (exact) mass is 1320 g/mol. The molecule has 2 saturated heterocycles. The molecule has 20 heteroatoms. The third-order valence-corrected chi connectivity index (χ3v) is 27.2. The van der Waals surface area contributed by atoms with Crippen LogP contribution in [0.5, 0.6) is 5.75 Å². The van der Waals surface area contributed by atoms with Gasteiger partial charge in [0.05, 0.1) is 54.3 Å². The lowest BCUT2D eigenvalue weighted by Crippen LogP contribution is -2.67. The number of aliphatic hydroxyl groups is 8. The number of aliphatic hydroxyl groups excluding tert-OH is 5. The van der Waals surface area contributed by atoms with E-state index < -0.39 is 142 Å². The number of benzene rings is 2. The number of esters is 1. The number of guanidine groups is 1. The number of allylic oxidation sites excluding steroid dienone is 3. The minimum Gasteiger partial charge on any atom is -0.508 e. The molecule has 9 aliphatic rings. The number of H-pyrrole nitrogens is 1. The van der Waals surface area contributed by atoms with Gasteiger partial charge in [-0.2, -0.15) is 0 Å². The highest BCUT2D eigenvalue weighted by molar-refractivity contribution is 8.76.